The van der Waals surface area contributed by atoms with Gasteiger partial charge in [0.15, 0.2) is 0 Å². The molecule has 1 aliphatic rings. The predicted octanol–water partition coefficient (Wildman–Crippen LogP) is 5.13. The number of fused-ring (bicyclic) bond motifs is 3. The smallest absolute Gasteiger partial charge is 0.0970 e. The number of hydrogen-bond acceptors (Lipinski definition) is 5. The van der Waals surface area contributed by atoms with Crippen molar-refractivity contribution < 1.29 is 0 Å². The van der Waals surface area contributed by atoms with E-state index in [0.29, 0.717) is 0 Å². The fraction of sp³-hybridized carbons (Fsp3) is 0.133. The van der Waals surface area contributed by atoms with Crippen LogP contribution in [-0.2, 0) is 0 Å². The number of thiazole rings is 1. The SMILES string of the molecule is Cc1nc2c(S)c3c(cc2s1)Sc1ccccc1N3C. The van der Waals surface area contributed by atoms with Crippen LogP contribution in [0.1, 0.15) is 5.01 Å². The predicted molar refractivity (Wildman–Crippen MR) is 90.2 cm³/mol. The summed E-state index contributed by atoms with van der Waals surface area (Å²) in [4.78, 5) is 10.4. The number of nitrogens with zero attached hydrogens (tertiary/aromatic N) is 2. The standard InChI is InChI=1S/C15H12N2S3/c1-8-16-13-11(19-8)7-12-14(15(13)18)17(2)9-5-3-4-6-10(9)20-12/h3-7,18H,1-2H3. The summed E-state index contributed by atoms with van der Waals surface area (Å²) >= 11 is 8.30. The molecule has 0 saturated heterocycles. The fourth-order valence-electron chi connectivity index (χ4n) is 2.59. The Labute approximate surface area is 131 Å². The summed E-state index contributed by atoms with van der Waals surface area (Å²) in [6, 6.07) is 10.7. The van der Waals surface area contributed by atoms with E-state index in [1.165, 1.54) is 20.2 Å². The molecule has 0 unspecified atom stereocenters. The van der Waals surface area contributed by atoms with E-state index in [1.54, 1.807) is 11.3 Å². The molecule has 0 bridgehead atoms. The van der Waals surface area contributed by atoms with Crippen LogP contribution >= 0.6 is 35.7 Å². The van der Waals surface area contributed by atoms with Crippen molar-refractivity contribution in [2.24, 2.45) is 0 Å². The molecule has 0 atom stereocenters. The molecule has 0 fully saturated rings. The zero-order valence-electron chi connectivity index (χ0n) is 11.0. The lowest BCUT2D eigenvalue weighted by Crippen LogP contribution is -2.15. The van der Waals surface area contributed by atoms with Gasteiger partial charge in [-0.05, 0) is 25.1 Å². The van der Waals surface area contributed by atoms with Gasteiger partial charge < -0.3 is 4.90 Å². The van der Waals surface area contributed by atoms with Gasteiger partial charge in [-0.25, -0.2) is 4.98 Å². The third-order valence-electron chi connectivity index (χ3n) is 3.49. The minimum absolute atomic E-state index is 0.978. The van der Waals surface area contributed by atoms with Crippen molar-refractivity contribution in [1.29, 1.82) is 0 Å². The molecule has 0 radical (unpaired) electrons. The van der Waals surface area contributed by atoms with Gasteiger partial charge in [0.05, 0.1) is 31.5 Å². The molecule has 2 nitrogen and oxygen atoms in total. The van der Waals surface area contributed by atoms with Crippen molar-refractivity contribution >= 4 is 57.3 Å². The maximum atomic E-state index is 4.75. The normalized spacial score (nSPS) is 13.4. The van der Waals surface area contributed by atoms with Crippen molar-refractivity contribution in [1.82, 2.24) is 4.98 Å². The van der Waals surface area contributed by atoms with Crippen molar-refractivity contribution in [2.75, 3.05) is 11.9 Å². The maximum absolute atomic E-state index is 4.75. The minimum atomic E-state index is 0.978. The fourth-order valence-corrected chi connectivity index (χ4v) is 5.34. The molecule has 0 saturated carbocycles. The summed E-state index contributed by atoms with van der Waals surface area (Å²) in [6.07, 6.45) is 0. The summed E-state index contributed by atoms with van der Waals surface area (Å²) in [6.45, 7) is 2.04. The first-order chi connectivity index (χ1) is 9.65. The van der Waals surface area contributed by atoms with Gasteiger partial charge >= 0.3 is 0 Å². The second-order valence-electron chi connectivity index (χ2n) is 4.78. The Kier molecular flexibility index (Phi) is 2.77. The number of benzene rings is 2. The van der Waals surface area contributed by atoms with Crippen LogP contribution in [0.4, 0.5) is 11.4 Å². The molecule has 1 aliphatic heterocycles. The molecule has 3 aromatic rings. The van der Waals surface area contributed by atoms with Gasteiger partial charge in [-0.3, -0.25) is 0 Å². The molecule has 1 aromatic heterocycles. The third kappa shape index (κ3) is 1.70. The van der Waals surface area contributed by atoms with Crippen LogP contribution in [0.25, 0.3) is 10.2 Å². The van der Waals surface area contributed by atoms with Crippen LogP contribution in [0, 0.1) is 6.92 Å². The van der Waals surface area contributed by atoms with Gasteiger partial charge in [-0.15, -0.1) is 24.0 Å². The van der Waals surface area contributed by atoms with Crippen molar-refractivity contribution in [3.8, 4) is 0 Å². The molecule has 2 aromatic carbocycles. The van der Waals surface area contributed by atoms with E-state index < -0.39 is 0 Å². The molecule has 0 amide bonds. The lowest BCUT2D eigenvalue weighted by Gasteiger charge is -2.30. The Bertz CT molecular complexity index is 838. The number of hydrogen-bond donors (Lipinski definition) is 1. The van der Waals surface area contributed by atoms with Crippen LogP contribution in [-0.4, -0.2) is 12.0 Å². The monoisotopic (exact) mass is 316 g/mol. The summed E-state index contributed by atoms with van der Waals surface area (Å²) < 4.78 is 1.21. The quantitative estimate of drug-likeness (QED) is 0.579. The van der Waals surface area contributed by atoms with Crippen LogP contribution in [0.2, 0.25) is 0 Å². The Morgan fingerprint density at radius 1 is 1.20 bits per heavy atom. The average molecular weight is 316 g/mol. The zero-order valence-corrected chi connectivity index (χ0v) is 13.6. The highest BCUT2D eigenvalue weighted by Crippen LogP contribution is 2.51. The summed E-state index contributed by atoms with van der Waals surface area (Å²) in [5, 5.41) is 1.09. The molecule has 0 spiro atoms. The highest BCUT2D eigenvalue weighted by atomic mass is 32.2. The maximum Gasteiger partial charge on any atom is 0.0970 e. The van der Waals surface area contributed by atoms with Crippen LogP contribution in [0.3, 0.4) is 0 Å². The molecular weight excluding hydrogens is 304 g/mol. The van der Waals surface area contributed by atoms with E-state index in [2.05, 4.69) is 47.3 Å². The first kappa shape index (κ1) is 12.6. The van der Waals surface area contributed by atoms with E-state index in [9.17, 15) is 0 Å². The molecule has 4 rings (SSSR count). The van der Waals surface area contributed by atoms with Crippen LogP contribution in [0.5, 0.6) is 0 Å². The zero-order chi connectivity index (χ0) is 13.9. The number of anilines is 2. The van der Waals surface area contributed by atoms with Crippen molar-refractivity contribution in [3.63, 3.8) is 0 Å². The minimum Gasteiger partial charge on any atom is -0.342 e. The molecule has 0 N–H and O–H groups in total. The van der Waals surface area contributed by atoms with Gasteiger partial charge in [0.2, 0.25) is 0 Å². The highest BCUT2D eigenvalue weighted by molar-refractivity contribution is 7.99. The highest BCUT2D eigenvalue weighted by Gasteiger charge is 2.24. The number of rotatable bonds is 0. The molecule has 5 heteroatoms. The van der Waals surface area contributed by atoms with E-state index >= 15 is 0 Å². The summed E-state index contributed by atoms with van der Waals surface area (Å²) in [5.41, 5.74) is 3.41. The van der Waals surface area contributed by atoms with E-state index in [4.69, 9.17) is 12.6 Å². The largest absolute Gasteiger partial charge is 0.342 e. The second-order valence-corrected chi connectivity index (χ2v) is 7.55. The van der Waals surface area contributed by atoms with Crippen molar-refractivity contribution in [2.45, 2.75) is 21.6 Å². The lowest BCUT2D eigenvalue weighted by atomic mass is 10.2. The molecule has 20 heavy (non-hydrogen) atoms. The number of aryl methyl sites for hydroxylation is 1. The Balaban J connectivity index is 2.03. The first-order valence-electron chi connectivity index (χ1n) is 6.29. The van der Waals surface area contributed by atoms with E-state index in [1.807, 2.05) is 18.7 Å². The molecule has 2 heterocycles. The number of aromatic nitrogens is 1. The van der Waals surface area contributed by atoms with Crippen molar-refractivity contribution in [3.05, 3.63) is 35.3 Å². The summed E-state index contributed by atoms with van der Waals surface area (Å²) in [7, 11) is 2.10. The first-order valence-corrected chi connectivity index (χ1v) is 8.37. The van der Waals surface area contributed by atoms with E-state index in [-0.39, 0.29) is 0 Å². The Hall–Kier alpha value is -1.17. The van der Waals surface area contributed by atoms with Gasteiger partial charge in [0.25, 0.3) is 0 Å². The molecule has 100 valence electrons. The third-order valence-corrected chi connectivity index (χ3v) is 5.92. The Morgan fingerprint density at radius 2 is 2.00 bits per heavy atom. The van der Waals surface area contributed by atoms with Gasteiger partial charge in [-0.1, -0.05) is 23.9 Å². The second kappa shape index (κ2) is 4.41. The van der Waals surface area contributed by atoms with Crippen LogP contribution < -0.4 is 4.90 Å². The lowest BCUT2D eigenvalue weighted by molar-refractivity contribution is 1.09. The van der Waals surface area contributed by atoms with Gasteiger partial charge in [-0.2, -0.15) is 0 Å². The topological polar surface area (TPSA) is 16.1 Å². The average Bonchev–Trinajstić information content (AvgIpc) is 2.80. The van der Waals surface area contributed by atoms with Crippen LogP contribution in [0.15, 0.2) is 45.0 Å². The molecule has 0 aliphatic carbocycles. The van der Waals surface area contributed by atoms with E-state index in [0.717, 1.165) is 21.1 Å². The number of thiol groups is 1. The van der Waals surface area contributed by atoms with Gasteiger partial charge in [0.1, 0.15) is 0 Å². The van der Waals surface area contributed by atoms with Gasteiger partial charge in [0, 0.05) is 16.8 Å². The number of para-hydroxylation sites is 1. The molecular formula is C15H12N2S3. The summed E-state index contributed by atoms with van der Waals surface area (Å²) in [5.74, 6) is 0. The Morgan fingerprint density at radius 3 is 2.85 bits per heavy atom.